The number of ether oxygens (including phenoxy) is 1. The third kappa shape index (κ3) is 2.14. The predicted octanol–water partition coefficient (Wildman–Crippen LogP) is 1.90. The minimum atomic E-state index is -0.275. The maximum Gasteiger partial charge on any atom is 0.126 e. The summed E-state index contributed by atoms with van der Waals surface area (Å²) in [6.07, 6.45) is 0. The first-order valence-corrected chi connectivity index (χ1v) is 4.92. The summed E-state index contributed by atoms with van der Waals surface area (Å²) in [5.41, 5.74) is 5.98. The smallest absolute Gasteiger partial charge is 0.126 e. The molecule has 1 aliphatic rings. The first kappa shape index (κ1) is 8.84. The molecule has 2 N–H and O–H groups in total. The first-order chi connectivity index (χ1) is 6.24. The number of hydrogen-bond donors (Lipinski definition) is 1. The summed E-state index contributed by atoms with van der Waals surface area (Å²) in [6, 6.07) is 4.60. The molecule has 0 unspecified atom stereocenters. The fourth-order valence-corrected chi connectivity index (χ4v) is 2.23. The van der Waals surface area contributed by atoms with E-state index in [-0.39, 0.29) is 5.82 Å². The molecule has 0 aliphatic carbocycles. The second-order valence-corrected chi connectivity index (χ2v) is 4.37. The van der Waals surface area contributed by atoms with Gasteiger partial charge in [0.1, 0.15) is 5.82 Å². The van der Waals surface area contributed by atoms with Crippen LogP contribution < -0.4 is 5.73 Å². The zero-order valence-electron chi connectivity index (χ0n) is 7.00. The van der Waals surface area contributed by atoms with Crippen LogP contribution in [0.2, 0.25) is 0 Å². The number of nitrogens with two attached hydrogens (primary N) is 1. The highest BCUT2D eigenvalue weighted by atomic mass is 32.2. The number of halogens is 1. The fraction of sp³-hybridized carbons (Fsp3) is 0.333. The largest absolute Gasteiger partial charge is 0.399 e. The second kappa shape index (κ2) is 3.55. The third-order valence-corrected chi connectivity index (χ3v) is 2.92. The van der Waals surface area contributed by atoms with Gasteiger partial charge in [-0.3, -0.25) is 0 Å². The van der Waals surface area contributed by atoms with E-state index in [4.69, 9.17) is 10.5 Å². The van der Waals surface area contributed by atoms with E-state index in [1.807, 2.05) is 0 Å². The van der Waals surface area contributed by atoms with Gasteiger partial charge in [-0.1, -0.05) is 0 Å². The van der Waals surface area contributed by atoms with Gasteiger partial charge in [-0.2, -0.15) is 0 Å². The summed E-state index contributed by atoms with van der Waals surface area (Å²) >= 11 is 1.61. The molecule has 2 nitrogen and oxygen atoms in total. The van der Waals surface area contributed by atoms with E-state index in [2.05, 4.69) is 0 Å². The van der Waals surface area contributed by atoms with Crippen LogP contribution in [0.25, 0.3) is 0 Å². The summed E-state index contributed by atoms with van der Waals surface area (Å²) in [6.45, 7) is 1.50. The maximum absolute atomic E-state index is 12.9. The molecule has 0 bridgehead atoms. The lowest BCUT2D eigenvalue weighted by molar-refractivity contribution is 0.0455. The topological polar surface area (TPSA) is 35.2 Å². The van der Waals surface area contributed by atoms with Crippen molar-refractivity contribution in [2.45, 2.75) is 10.1 Å². The van der Waals surface area contributed by atoms with Crippen molar-refractivity contribution in [2.24, 2.45) is 0 Å². The van der Waals surface area contributed by atoms with Crippen LogP contribution in [0.1, 0.15) is 0 Å². The summed E-state index contributed by atoms with van der Waals surface area (Å²) < 4.78 is 17.9. The van der Waals surface area contributed by atoms with Crippen molar-refractivity contribution in [2.75, 3.05) is 18.9 Å². The highest BCUT2D eigenvalue weighted by Gasteiger charge is 2.19. The summed E-state index contributed by atoms with van der Waals surface area (Å²) in [5, 5.41) is 0.459. The van der Waals surface area contributed by atoms with Crippen LogP contribution in [0, 0.1) is 5.82 Å². The molecule has 0 amide bonds. The van der Waals surface area contributed by atoms with Gasteiger partial charge >= 0.3 is 0 Å². The van der Waals surface area contributed by atoms with Gasteiger partial charge in [-0.05, 0) is 18.2 Å². The average molecular weight is 199 g/mol. The zero-order valence-corrected chi connectivity index (χ0v) is 7.81. The molecule has 1 aromatic carbocycles. The Morgan fingerprint density at radius 1 is 1.38 bits per heavy atom. The van der Waals surface area contributed by atoms with Gasteiger partial charge in [0.2, 0.25) is 0 Å². The lowest BCUT2D eigenvalue weighted by atomic mass is 10.3. The Hall–Kier alpha value is -0.740. The van der Waals surface area contributed by atoms with Crippen molar-refractivity contribution in [3.63, 3.8) is 0 Å². The van der Waals surface area contributed by atoms with Crippen molar-refractivity contribution in [3.05, 3.63) is 24.0 Å². The van der Waals surface area contributed by atoms with Crippen LogP contribution in [0.15, 0.2) is 23.1 Å². The molecule has 2 rings (SSSR count). The van der Waals surface area contributed by atoms with E-state index in [9.17, 15) is 4.39 Å². The normalized spacial score (nSPS) is 17.0. The standard InChI is InChI=1S/C9H10FNOS/c10-6-1-7(11)3-8(2-6)13-9-4-12-5-9/h1-3,9H,4-5,11H2. The lowest BCUT2D eigenvalue weighted by Gasteiger charge is -2.25. The highest BCUT2D eigenvalue weighted by Crippen LogP contribution is 2.29. The van der Waals surface area contributed by atoms with Gasteiger partial charge in [0.05, 0.1) is 18.5 Å². The zero-order chi connectivity index (χ0) is 9.26. The minimum absolute atomic E-state index is 0.275. The monoisotopic (exact) mass is 199 g/mol. The molecule has 13 heavy (non-hydrogen) atoms. The molecule has 0 saturated carbocycles. The van der Waals surface area contributed by atoms with E-state index in [0.29, 0.717) is 10.9 Å². The van der Waals surface area contributed by atoms with Crippen LogP contribution >= 0.6 is 11.8 Å². The van der Waals surface area contributed by atoms with Crippen molar-refractivity contribution in [1.29, 1.82) is 0 Å². The average Bonchev–Trinajstić information content (AvgIpc) is 1.95. The van der Waals surface area contributed by atoms with Crippen LogP contribution in [0.3, 0.4) is 0 Å². The molecule has 1 saturated heterocycles. The number of nitrogen functional groups attached to an aromatic ring is 1. The van der Waals surface area contributed by atoms with Crippen molar-refractivity contribution in [3.8, 4) is 0 Å². The molecule has 1 heterocycles. The van der Waals surface area contributed by atoms with Gasteiger partial charge in [-0.25, -0.2) is 4.39 Å². The molecular weight excluding hydrogens is 189 g/mol. The Bertz CT molecular complexity index is 294. The Morgan fingerprint density at radius 3 is 2.69 bits per heavy atom. The molecular formula is C9H10FNOS. The first-order valence-electron chi connectivity index (χ1n) is 4.04. The SMILES string of the molecule is Nc1cc(F)cc(SC2COC2)c1. The van der Waals surface area contributed by atoms with Crippen LogP contribution in [-0.4, -0.2) is 18.5 Å². The Morgan fingerprint density at radius 2 is 2.15 bits per heavy atom. The Balaban J connectivity index is 2.10. The minimum Gasteiger partial charge on any atom is -0.399 e. The Kier molecular flexibility index (Phi) is 2.42. The molecule has 4 heteroatoms. The number of hydrogen-bond acceptors (Lipinski definition) is 3. The summed E-state index contributed by atoms with van der Waals surface area (Å²) in [5.74, 6) is -0.275. The second-order valence-electron chi connectivity index (χ2n) is 3.00. The molecule has 1 fully saturated rings. The quantitative estimate of drug-likeness (QED) is 0.739. The number of anilines is 1. The van der Waals surface area contributed by atoms with Gasteiger partial charge in [0, 0.05) is 10.6 Å². The molecule has 0 radical (unpaired) electrons. The van der Waals surface area contributed by atoms with Gasteiger partial charge in [0.15, 0.2) is 0 Å². The Labute approximate surface area is 80.3 Å². The fourth-order valence-electron chi connectivity index (χ4n) is 1.13. The molecule has 70 valence electrons. The maximum atomic E-state index is 12.9. The number of rotatable bonds is 2. The molecule has 0 aromatic heterocycles. The van der Waals surface area contributed by atoms with E-state index < -0.39 is 0 Å². The lowest BCUT2D eigenvalue weighted by Crippen LogP contribution is -2.30. The van der Waals surface area contributed by atoms with Crippen LogP contribution in [0.4, 0.5) is 10.1 Å². The van der Waals surface area contributed by atoms with E-state index >= 15 is 0 Å². The van der Waals surface area contributed by atoms with Gasteiger partial charge < -0.3 is 10.5 Å². The van der Waals surface area contributed by atoms with Crippen LogP contribution in [-0.2, 0) is 4.74 Å². The van der Waals surface area contributed by atoms with Crippen molar-refractivity contribution >= 4 is 17.4 Å². The number of benzene rings is 1. The predicted molar refractivity (Wildman–Crippen MR) is 51.3 cm³/mol. The van der Waals surface area contributed by atoms with E-state index in [1.54, 1.807) is 17.8 Å². The molecule has 1 aromatic rings. The van der Waals surface area contributed by atoms with Crippen molar-refractivity contribution < 1.29 is 9.13 Å². The van der Waals surface area contributed by atoms with Crippen molar-refractivity contribution in [1.82, 2.24) is 0 Å². The molecule has 0 atom stereocenters. The summed E-state index contributed by atoms with van der Waals surface area (Å²) in [4.78, 5) is 0.880. The molecule has 1 aliphatic heterocycles. The van der Waals surface area contributed by atoms with Gasteiger partial charge in [-0.15, -0.1) is 11.8 Å². The summed E-state index contributed by atoms with van der Waals surface area (Å²) in [7, 11) is 0. The highest BCUT2D eigenvalue weighted by molar-refractivity contribution is 8.00. The van der Waals surface area contributed by atoms with Crippen LogP contribution in [0.5, 0.6) is 0 Å². The van der Waals surface area contributed by atoms with E-state index in [0.717, 1.165) is 18.1 Å². The van der Waals surface area contributed by atoms with E-state index in [1.165, 1.54) is 12.1 Å². The third-order valence-electron chi connectivity index (χ3n) is 1.80. The van der Waals surface area contributed by atoms with Gasteiger partial charge in [0.25, 0.3) is 0 Å². The number of thioether (sulfide) groups is 1. The molecule has 0 spiro atoms.